The lowest BCUT2D eigenvalue weighted by Crippen LogP contribution is -2.44. The molecular formula is C21H43N3O3. The quantitative estimate of drug-likeness (QED) is 0.467. The minimum Gasteiger partial charge on any atom is -0.378 e. The Bertz CT molecular complexity index is 450. The van der Waals surface area contributed by atoms with Gasteiger partial charge in [0.2, 0.25) is 11.8 Å². The van der Waals surface area contributed by atoms with E-state index in [4.69, 9.17) is 4.74 Å². The zero-order valence-electron chi connectivity index (χ0n) is 19.0. The highest BCUT2D eigenvalue weighted by atomic mass is 16.5. The number of likely N-dealkylation sites (N-methyl/N-ethyl adjacent to an activating group) is 2. The molecule has 0 spiro atoms. The first-order chi connectivity index (χ1) is 12.4. The van der Waals surface area contributed by atoms with Crippen molar-refractivity contribution in [3.63, 3.8) is 0 Å². The molecule has 0 saturated heterocycles. The van der Waals surface area contributed by atoms with Crippen LogP contribution in [0.15, 0.2) is 0 Å². The van der Waals surface area contributed by atoms with Gasteiger partial charge in [0.25, 0.3) is 0 Å². The molecule has 6 heteroatoms. The molecule has 0 heterocycles. The number of carbonyl (C=O) groups excluding carboxylic acids is 2. The first kappa shape index (κ1) is 25.9. The molecule has 0 rings (SSSR count). The summed E-state index contributed by atoms with van der Waals surface area (Å²) >= 11 is 0. The van der Waals surface area contributed by atoms with E-state index in [0.29, 0.717) is 39.1 Å². The summed E-state index contributed by atoms with van der Waals surface area (Å²) in [6.45, 7) is 15.8. The molecule has 0 saturated carbocycles. The molecular weight excluding hydrogens is 342 g/mol. The number of hydrogen-bond acceptors (Lipinski definition) is 4. The first-order valence-corrected chi connectivity index (χ1v) is 10.2. The van der Waals surface area contributed by atoms with E-state index in [9.17, 15) is 9.59 Å². The standard InChI is InChI=1S/C21H43N3O3/c1-9-11-18(25)23(7)12-14-27-15-13-24(8)19(26)16-20(3,4)17-21(5,6)22-10-2/h22H,9-17H2,1-8H3. The van der Waals surface area contributed by atoms with E-state index in [2.05, 4.69) is 39.9 Å². The first-order valence-electron chi connectivity index (χ1n) is 10.2. The molecule has 0 unspecified atom stereocenters. The van der Waals surface area contributed by atoms with Crippen molar-refractivity contribution in [3.05, 3.63) is 0 Å². The van der Waals surface area contributed by atoms with Gasteiger partial charge in [-0.25, -0.2) is 0 Å². The van der Waals surface area contributed by atoms with E-state index in [1.165, 1.54) is 0 Å². The van der Waals surface area contributed by atoms with Gasteiger partial charge in [-0.1, -0.05) is 27.7 Å². The summed E-state index contributed by atoms with van der Waals surface area (Å²) in [6.07, 6.45) is 2.89. The fourth-order valence-electron chi connectivity index (χ4n) is 3.50. The average molecular weight is 386 g/mol. The van der Waals surface area contributed by atoms with Crippen LogP contribution in [0.3, 0.4) is 0 Å². The van der Waals surface area contributed by atoms with E-state index in [1.54, 1.807) is 16.8 Å². The van der Waals surface area contributed by atoms with Gasteiger partial charge in [0.05, 0.1) is 13.2 Å². The molecule has 160 valence electrons. The molecule has 0 aliphatic rings. The van der Waals surface area contributed by atoms with Crippen molar-refractivity contribution in [1.82, 2.24) is 15.1 Å². The Morgan fingerprint density at radius 2 is 1.44 bits per heavy atom. The van der Waals surface area contributed by atoms with Gasteiger partial charge in [-0.3, -0.25) is 9.59 Å². The van der Waals surface area contributed by atoms with Crippen LogP contribution in [0.5, 0.6) is 0 Å². The summed E-state index contributed by atoms with van der Waals surface area (Å²) < 4.78 is 5.60. The van der Waals surface area contributed by atoms with Gasteiger partial charge < -0.3 is 19.9 Å². The Balaban J connectivity index is 4.16. The third-order valence-electron chi connectivity index (χ3n) is 4.66. The van der Waals surface area contributed by atoms with Crippen molar-refractivity contribution in [1.29, 1.82) is 0 Å². The SMILES string of the molecule is CCCC(=O)N(C)CCOCCN(C)C(=O)CC(C)(C)CC(C)(C)NCC. The van der Waals surface area contributed by atoms with Crippen molar-refractivity contribution < 1.29 is 14.3 Å². The average Bonchev–Trinajstić information content (AvgIpc) is 2.52. The van der Waals surface area contributed by atoms with E-state index in [0.717, 1.165) is 19.4 Å². The predicted molar refractivity (Wildman–Crippen MR) is 112 cm³/mol. The van der Waals surface area contributed by atoms with E-state index < -0.39 is 0 Å². The summed E-state index contributed by atoms with van der Waals surface area (Å²) in [7, 11) is 3.63. The van der Waals surface area contributed by atoms with Crippen LogP contribution in [-0.2, 0) is 14.3 Å². The molecule has 6 nitrogen and oxygen atoms in total. The van der Waals surface area contributed by atoms with Crippen LogP contribution >= 0.6 is 0 Å². The van der Waals surface area contributed by atoms with Crippen molar-refractivity contribution in [3.8, 4) is 0 Å². The van der Waals surface area contributed by atoms with Gasteiger partial charge in [0.1, 0.15) is 0 Å². The van der Waals surface area contributed by atoms with Gasteiger partial charge in [-0.2, -0.15) is 0 Å². The number of hydrogen-bond donors (Lipinski definition) is 1. The molecule has 0 bridgehead atoms. The maximum atomic E-state index is 12.5. The zero-order chi connectivity index (χ0) is 21.1. The van der Waals surface area contributed by atoms with Crippen molar-refractivity contribution >= 4 is 11.8 Å². The summed E-state index contributed by atoms with van der Waals surface area (Å²) in [5.74, 6) is 0.294. The Morgan fingerprint density at radius 3 is 1.93 bits per heavy atom. The van der Waals surface area contributed by atoms with E-state index in [1.807, 2.05) is 14.0 Å². The Kier molecular flexibility index (Phi) is 11.8. The Labute approximate surface area is 167 Å². The summed E-state index contributed by atoms with van der Waals surface area (Å²) in [5.41, 5.74) is -0.0539. The second-order valence-corrected chi connectivity index (χ2v) is 8.92. The summed E-state index contributed by atoms with van der Waals surface area (Å²) in [5, 5.41) is 3.48. The molecule has 0 aliphatic carbocycles. The van der Waals surface area contributed by atoms with Crippen LogP contribution in [0.1, 0.15) is 67.2 Å². The highest BCUT2D eigenvalue weighted by Crippen LogP contribution is 2.31. The van der Waals surface area contributed by atoms with Crippen molar-refractivity contribution in [2.75, 3.05) is 46.9 Å². The fourth-order valence-corrected chi connectivity index (χ4v) is 3.50. The number of carbonyl (C=O) groups is 2. The minimum absolute atomic E-state index is 0.0153. The summed E-state index contributed by atoms with van der Waals surface area (Å²) in [6, 6.07) is 0. The van der Waals surface area contributed by atoms with Crippen LogP contribution in [0.2, 0.25) is 0 Å². The number of nitrogens with zero attached hydrogens (tertiary/aromatic N) is 2. The van der Waals surface area contributed by atoms with Gasteiger partial charge in [0.15, 0.2) is 0 Å². The maximum Gasteiger partial charge on any atom is 0.222 e. The third kappa shape index (κ3) is 12.0. The topological polar surface area (TPSA) is 61.9 Å². The number of nitrogens with one attached hydrogen (secondary N) is 1. The monoisotopic (exact) mass is 385 g/mol. The molecule has 0 atom stereocenters. The maximum absolute atomic E-state index is 12.5. The lowest BCUT2D eigenvalue weighted by atomic mass is 9.77. The van der Waals surface area contributed by atoms with Crippen LogP contribution in [0, 0.1) is 5.41 Å². The van der Waals surface area contributed by atoms with Gasteiger partial charge in [-0.15, -0.1) is 0 Å². The van der Waals surface area contributed by atoms with Gasteiger partial charge in [0, 0.05) is 45.6 Å². The molecule has 0 aromatic carbocycles. The molecule has 0 aliphatic heterocycles. The van der Waals surface area contributed by atoms with Gasteiger partial charge in [-0.05, 0) is 38.6 Å². The number of rotatable bonds is 14. The third-order valence-corrected chi connectivity index (χ3v) is 4.66. The zero-order valence-corrected chi connectivity index (χ0v) is 19.0. The van der Waals surface area contributed by atoms with Crippen LogP contribution < -0.4 is 5.32 Å². The minimum atomic E-state index is -0.0692. The Hall–Kier alpha value is -1.14. The lowest BCUT2D eigenvalue weighted by Gasteiger charge is -2.36. The van der Waals surface area contributed by atoms with E-state index >= 15 is 0 Å². The van der Waals surface area contributed by atoms with Crippen molar-refractivity contribution in [2.24, 2.45) is 5.41 Å². The van der Waals surface area contributed by atoms with Crippen LogP contribution in [0.4, 0.5) is 0 Å². The molecule has 2 amide bonds. The molecule has 0 aromatic rings. The van der Waals surface area contributed by atoms with Crippen LogP contribution in [-0.4, -0.2) is 74.1 Å². The second-order valence-electron chi connectivity index (χ2n) is 8.92. The lowest BCUT2D eigenvalue weighted by molar-refractivity contribution is -0.133. The summed E-state index contributed by atoms with van der Waals surface area (Å²) in [4.78, 5) is 27.7. The Morgan fingerprint density at radius 1 is 0.926 bits per heavy atom. The highest BCUT2D eigenvalue weighted by molar-refractivity contribution is 5.76. The smallest absolute Gasteiger partial charge is 0.222 e. The number of ether oxygens (including phenoxy) is 1. The van der Waals surface area contributed by atoms with E-state index in [-0.39, 0.29) is 22.8 Å². The van der Waals surface area contributed by atoms with Crippen molar-refractivity contribution in [2.45, 2.75) is 72.8 Å². The fraction of sp³-hybridized carbons (Fsp3) is 0.905. The number of amides is 2. The molecule has 0 aromatic heterocycles. The molecule has 0 fully saturated rings. The van der Waals surface area contributed by atoms with Gasteiger partial charge >= 0.3 is 0 Å². The largest absolute Gasteiger partial charge is 0.378 e. The molecule has 0 radical (unpaired) electrons. The predicted octanol–water partition coefficient (Wildman–Crippen LogP) is 2.91. The highest BCUT2D eigenvalue weighted by Gasteiger charge is 2.31. The normalized spacial score (nSPS) is 12.1. The van der Waals surface area contributed by atoms with Crippen LogP contribution in [0.25, 0.3) is 0 Å². The molecule has 27 heavy (non-hydrogen) atoms. The molecule has 1 N–H and O–H groups in total. The second kappa shape index (κ2) is 12.3.